The number of aromatic nitrogens is 2. The molecule has 1 atom stereocenters. The van der Waals surface area contributed by atoms with Crippen molar-refractivity contribution < 1.29 is 9.21 Å². The first-order valence-corrected chi connectivity index (χ1v) is 8.90. The molecule has 0 bridgehead atoms. The molecule has 0 spiro atoms. The summed E-state index contributed by atoms with van der Waals surface area (Å²) < 4.78 is 7.27. The highest BCUT2D eigenvalue weighted by atomic mass is 16.3. The van der Waals surface area contributed by atoms with E-state index in [0.717, 1.165) is 31.4 Å². The van der Waals surface area contributed by atoms with Crippen molar-refractivity contribution in [3.05, 3.63) is 83.6 Å². The number of hydrogen-bond acceptors (Lipinski definition) is 3. The number of carbonyl (C=O) groups excluding carboxylic acids is 1. The summed E-state index contributed by atoms with van der Waals surface area (Å²) in [7, 11) is 0. The lowest BCUT2D eigenvalue weighted by Crippen LogP contribution is -2.29. The Balaban J connectivity index is 1.46. The quantitative estimate of drug-likeness (QED) is 0.716. The second kappa shape index (κ2) is 7.44. The number of carbonyl (C=O) groups is 1. The van der Waals surface area contributed by atoms with Gasteiger partial charge in [0.1, 0.15) is 5.76 Å². The van der Waals surface area contributed by atoms with E-state index in [1.807, 2.05) is 30.5 Å². The maximum absolute atomic E-state index is 12.2. The fourth-order valence-corrected chi connectivity index (χ4v) is 3.43. The minimum absolute atomic E-state index is 0.0111. The van der Waals surface area contributed by atoms with Gasteiger partial charge in [-0.05, 0) is 43.0 Å². The van der Waals surface area contributed by atoms with Gasteiger partial charge in [-0.1, -0.05) is 30.3 Å². The smallest absolute Gasteiger partial charge is 0.244 e. The Morgan fingerprint density at radius 2 is 2.15 bits per heavy atom. The van der Waals surface area contributed by atoms with Crippen LogP contribution in [-0.2, 0) is 17.8 Å². The van der Waals surface area contributed by atoms with Crippen molar-refractivity contribution in [2.24, 2.45) is 0 Å². The zero-order valence-electron chi connectivity index (χ0n) is 14.5. The van der Waals surface area contributed by atoms with Crippen LogP contribution >= 0.6 is 0 Å². The molecule has 0 saturated heterocycles. The van der Waals surface area contributed by atoms with E-state index in [1.165, 1.54) is 17.3 Å². The Bertz CT molecular complexity index is 895. The van der Waals surface area contributed by atoms with Gasteiger partial charge in [-0.3, -0.25) is 9.48 Å². The highest BCUT2D eigenvalue weighted by Crippen LogP contribution is 2.30. The predicted octanol–water partition coefficient (Wildman–Crippen LogP) is 3.73. The number of amides is 1. The number of fused-ring (bicyclic) bond motifs is 1. The lowest BCUT2D eigenvalue weighted by Gasteiger charge is -2.23. The lowest BCUT2D eigenvalue weighted by atomic mass is 9.93. The van der Waals surface area contributed by atoms with Crippen molar-refractivity contribution in [3.63, 3.8) is 0 Å². The molecule has 0 radical (unpaired) electrons. The van der Waals surface area contributed by atoms with Crippen LogP contribution in [0.25, 0.3) is 6.08 Å². The van der Waals surface area contributed by atoms with E-state index in [9.17, 15) is 4.79 Å². The van der Waals surface area contributed by atoms with Gasteiger partial charge in [0, 0.05) is 17.3 Å². The number of nitrogens with zero attached hydrogens (tertiary/aromatic N) is 2. The van der Waals surface area contributed by atoms with Crippen LogP contribution in [0.5, 0.6) is 0 Å². The number of hydrogen-bond donors (Lipinski definition) is 1. The van der Waals surface area contributed by atoms with Gasteiger partial charge in [-0.25, -0.2) is 0 Å². The molecule has 0 saturated carbocycles. The fraction of sp³-hybridized carbons (Fsp3) is 0.238. The number of benzene rings is 1. The Morgan fingerprint density at radius 3 is 2.96 bits per heavy atom. The normalized spacial score (nSPS) is 16.5. The maximum Gasteiger partial charge on any atom is 0.244 e. The SMILES string of the molecule is O=C(/C=C/c1ccco1)NC1CCCc2c1cnn2Cc1ccccc1. The van der Waals surface area contributed by atoms with Gasteiger partial charge < -0.3 is 9.73 Å². The molecule has 4 rings (SSSR count). The zero-order chi connectivity index (χ0) is 17.8. The molecule has 0 aliphatic heterocycles. The van der Waals surface area contributed by atoms with E-state index in [-0.39, 0.29) is 11.9 Å². The molecule has 132 valence electrons. The average molecular weight is 347 g/mol. The molecule has 2 heterocycles. The Morgan fingerprint density at radius 1 is 1.27 bits per heavy atom. The van der Waals surface area contributed by atoms with Gasteiger partial charge in [0.2, 0.25) is 5.91 Å². The summed E-state index contributed by atoms with van der Waals surface area (Å²) in [6, 6.07) is 13.9. The van der Waals surface area contributed by atoms with Crippen LogP contribution in [-0.4, -0.2) is 15.7 Å². The third-order valence-electron chi connectivity index (χ3n) is 4.70. The molecule has 1 aromatic carbocycles. The highest BCUT2D eigenvalue weighted by Gasteiger charge is 2.25. The Kier molecular flexibility index (Phi) is 4.69. The van der Waals surface area contributed by atoms with Gasteiger partial charge in [0.05, 0.1) is 25.0 Å². The van der Waals surface area contributed by atoms with Gasteiger partial charge in [0.15, 0.2) is 0 Å². The summed E-state index contributed by atoms with van der Waals surface area (Å²) in [4.78, 5) is 12.2. The molecule has 5 nitrogen and oxygen atoms in total. The molecular weight excluding hydrogens is 326 g/mol. The molecule has 1 aliphatic rings. The summed E-state index contributed by atoms with van der Waals surface area (Å²) >= 11 is 0. The monoisotopic (exact) mass is 347 g/mol. The molecule has 2 aromatic heterocycles. The summed E-state index contributed by atoms with van der Waals surface area (Å²) in [6.07, 6.45) is 9.66. The van der Waals surface area contributed by atoms with E-state index in [2.05, 4.69) is 27.2 Å². The van der Waals surface area contributed by atoms with Crippen LogP contribution < -0.4 is 5.32 Å². The van der Waals surface area contributed by atoms with Crippen LogP contribution in [0.15, 0.2) is 65.4 Å². The van der Waals surface area contributed by atoms with Crippen molar-refractivity contribution in [2.45, 2.75) is 31.8 Å². The van der Waals surface area contributed by atoms with Gasteiger partial charge in [0.25, 0.3) is 0 Å². The first kappa shape index (κ1) is 16.4. The van der Waals surface area contributed by atoms with Gasteiger partial charge in [-0.2, -0.15) is 5.10 Å². The largest absolute Gasteiger partial charge is 0.465 e. The lowest BCUT2D eigenvalue weighted by molar-refractivity contribution is -0.117. The zero-order valence-corrected chi connectivity index (χ0v) is 14.5. The molecule has 1 aliphatic carbocycles. The third-order valence-corrected chi connectivity index (χ3v) is 4.70. The number of rotatable bonds is 5. The second-order valence-corrected chi connectivity index (χ2v) is 6.49. The summed E-state index contributed by atoms with van der Waals surface area (Å²) in [6.45, 7) is 0.759. The summed E-state index contributed by atoms with van der Waals surface area (Å²) in [5.41, 5.74) is 3.58. The number of furan rings is 1. The van der Waals surface area contributed by atoms with Crippen molar-refractivity contribution in [3.8, 4) is 0 Å². The highest BCUT2D eigenvalue weighted by molar-refractivity contribution is 5.91. The van der Waals surface area contributed by atoms with Crippen molar-refractivity contribution in [2.75, 3.05) is 0 Å². The van der Waals surface area contributed by atoms with Crippen LogP contribution in [0.1, 0.15) is 41.5 Å². The molecule has 1 N–H and O–H groups in total. The van der Waals surface area contributed by atoms with Crippen LogP contribution in [0.3, 0.4) is 0 Å². The number of nitrogens with one attached hydrogen (secondary N) is 1. The van der Waals surface area contributed by atoms with E-state index < -0.39 is 0 Å². The molecular formula is C21H21N3O2. The third kappa shape index (κ3) is 3.61. The molecule has 1 unspecified atom stereocenters. The van der Waals surface area contributed by atoms with Gasteiger partial charge >= 0.3 is 0 Å². The fourth-order valence-electron chi connectivity index (χ4n) is 3.43. The topological polar surface area (TPSA) is 60.1 Å². The molecule has 5 heteroatoms. The minimum atomic E-state index is -0.116. The molecule has 1 amide bonds. The van der Waals surface area contributed by atoms with Crippen LogP contribution in [0, 0.1) is 0 Å². The Labute approximate surface area is 152 Å². The predicted molar refractivity (Wildman–Crippen MR) is 99.3 cm³/mol. The van der Waals surface area contributed by atoms with E-state index in [4.69, 9.17) is 4.42 Å². The average Bonchev–Trinajstić information content (AvgIpc) is 3.32. The molecule has 3 aromatic rings. The van der Waals surface area contributed by atoms with Crippen molar-refractivity contribution >= 4 is 12.0 Å². The second-order valence-electron chi connectivity index (χ2n) is 6.49. The first-order valence-electron chi connectivity index (χ1n) is 8.90. The van der Waals surface area contributed by atoms with E-state index in [1.54, 1.807) is 18.4 Å². The first-order chi connectivity index (χ1) is 12.8. The summed E-state index contributed by atoms with van der Waals surface area (Å²) in [5.74, 6) is 0.551. The maximum atomic E-state index is 12.2. The van der Waals surface area contributed by atoms with E-state index in [0.29, 0.717) is 5.76 Å². The van der Waals surface area contributed by atoms with Crippen molar-refractivity contribution in [1.29, 1.82) is 0 Å². The van der Waals surface area contributed by atoms with E-state index >= 15 is 0 Å². The summed E-state index contributed by atoms with van der Waals surface area (Å²) in [5, 5.41) is 7.66. The Hall–Kier alpha value is -3.08. The molecule has 0 fully saturated rings. The van der Waals surface area contributed by atoms with Gasteiger partial charge in [-0.15, -0.1) is 0 Å². The van der Waals surface area contributed by atoms with Crippen molar-refractivity contribution in [1.82, 2.24) is 15.1 Å². The molecule has 26 heavy (non-hydrogen) atoms. The standard InChI is InChI=1S/C21H21N3O2/c25-21(12-11-17-8-5-13-26-17)23-19-9-4-10-20-18(19)14-22-24(20)15-16-6-2-1-3-7-16/h1-3,5-8,11-14,19H,4,9-10,15H2,(H,23,25)/b12-11+. The minimum Gasteiger partial charge on any atom is -0.465 e. The van der Waals surface area contributed by atoms with Crippen LogP contribution in [0.4, 0.5) is 0 Å². The van der Waals surface area contributed by atoms with Crippen LogP contribution in [0.2, 0.25) is 0 Å².